The van der Waals surface area contributed by atoms with Gasteiger partial charge in [-0.2, -0.15) is 13.2 Å². The monoisotopic (exact) mass is 168 g/mol. The van der Waals surface area contributed by atoms with E-state index in [9.17, 15) is 13.2 Å². The van der Waals surface area contributed by atoms with Crippen molar-refractivity contribution in [2.24, 2.45) is 4.99 Å². The summed E-state index contributed by atoms with van der Waals surface area (Å²) in [5.41, 5.74) is 0. The second-order valence-electron chi connectivity index (χ2n) is 2.00. The van der Waals surface area contributed by atoms with Crippen molar-refractivity contribution in [1.29, 1.82) is 0 Å². The molecule has 0 amide bonds. The van der Waals surface area contributed by atoms with E-state index in [4.69, 9.17) is 0 Å². The first-order valence-electron chi connectivity index (χ1n) is 3.06. The lowest BCUT2D eigenvalue weighted by Crippen LogP contribution is -2.33. The first kappa shape index (κ1) is 8.16. The van der Waals surface area contributed by atoms with Crippen LogP contribution in [-0.2, 0) is 4.74 Å². The predicted octanol–water partition coefficient (Wildman–Crippen LogP) is 0.524. The molecule has 0 aliphatic carbocycles. The van der Waals surface area contributed by atoms with Crippen molar-refractivity contribution in [1.82, 2.24) is 5.32 Å². The fourth-order valence-electron chi connectivity index (χ4n) is 0.618. The van der Waals surface area contributed by atoms with Gasteiger partial charge in [-0.25, -0.2) is 4.99 Å². The van der Waals surface area contributed by atoms with Crippen LogP contribution in [0.5, 0.6) is 0 Å². The number of nitrogens with zero attached hydrogens (tertiary/aromatic N) is 1. The lowest BCUT2D eigenvalue weighted by Gasteiger charge is -2.07. The fraction of sp³-hybridized carbons (Fsp3) is 0.800. The first-order valence-corrected chi connectivity index (χ1v) is 3.06. The average Bonchev–Trinajstić information content (AvgIpc) is 2.32. The minimum Gasteiger partial charge on any atom is -0.463 e. The molecule has 0 atom stereocenters. The second-order valence-corrected chi connectivity index (χ2v) is 2.00. The molecule has 1 heterocycles. The molecule has 0 saturated carbocycles. The van der Waals surface area contributed by atoms with Crippen molar-refractivity contribution >= 4 is 6.02 Å². The van der Waals surface area contributed by atoms with Crippen LogP contribution in [-0.4, -0.2) is 31.9 Å². The molecular weight excluding hydrogens is 161 g/mol. The van der Waals surface area contributed by atoms with Crippen LogP contribution in [0.1, 0.15) is 0 Å². The standard InChI is InChI=1S/C5H7F3N2O/c6-5(7,8)3-10-4-9-1-2-11-4/h1-3H2,(H,9,10). The second kappa shape index (κ2) is 2.98. The Morgan fingerprint density at radius 2 is 2.27 bits per heavy atom. The van der Waals surface area contributed by atoms with E-state index in [1.807, 2.05) is 5.32 Å². The highest BCUT2D eigenvalue weighted by Gasteiger charge is 2.27. The highest BCUT2D eigenvalue weighted by atomic mass is 19.4. The zero-order chi connectivity index (χ0) is 8.32. The van der Waals surface area contributed by atoms with E-state index in [0.717, 1.165) is 0 Å². The summed E-state index contributed by atoms with van der Waals surface area (Å²) < 4.78 is 39.3. The smallest absolute Gasteiger partial charge is 0.405 e. The molecule has 0 aromatic carbocycles. The summed E-state index contributed by atoms with van der Waals surface area (Å²) >= 11 is 0. The number of ether oxygens (including phenoxy) is 1. The molecule has 0 spiro atoms. The van der Waals surface area contributed by atoms with Gasteiger partial charge in [-0.1, -0.05) is 0 Å². The minimum absolute atomic E-state index is 0.0117. The molecule has 0 bridgehead atoms. The molecule has 0 fully saturated rings. The first-order chi connectivity index (χ1) is 5.08. The number of nitrogens with one attached hydrogen (secondary N) is 1. The number of alkyl halides is 3. The molecule has 11 heavy (non-hydrogen) atoms. The summed E-state index contributed by atoms with van der Waals surface area (Å²) in [6.45, 7) is -0.299. The Morgan fingerprint density at radius 3 is 2.73 bits per heavy atom. The molecule has 6 heteroatoms. The third-order valence-electron chi connectivity index (χ3n) is 1.03. The van der Waals surface area contributed by atoms with Gasteiger partial charge in [-0.3, -0.25) is 0 Å². The maximum Gasteiger partial charge on any atom is 0.405 e. The molecule has 0 saturated heterocycles. The highest BCUT2D eigenvalue weighted by molar-refractivity contribution is 5.74. The van der Waals surface area contributed by atoms with E-state index in [1.165, 1.54) is 0 Å². The van der Waals surface area contributed by atoms with E-state index in [-0.39, 0.29) is 6.02 Å². The average molecular weight is 168 g/mol. The summed E-state index contributed by atoms with van der Waals surface area (Å²) in [6, 6.07) is -0.0117. The van der Waals surface area contributed by atoms with Crippen LogP contribution in [0.3, 0.4) is 0 Å². The van der Waals surface area contributed by atoms with E-state index >= 15 is 0 Å². The maximum absolute atomic E-state index is 11.5. The zero-order valence-electron chi connectivity index (χ0n) is 5.61. The van der Waals surface area contributed by atoms with E-state index < -0.39 is 12.7 Å². The number of hydrogen-bond acceptors (Lipinski definition) is 3. The van der Waals surface area contributed by atoms with Crippen molar-refractivity contribution in [2.75, 3.05) is 19.7 Å². The Hall–Kier alpha value is -0.940. The predicted molar refractivity (Wildman–Crippen MR) is 32.3 cm³/mol. The van der Waals surface area contributed by atoms with Gasteiger partial charge in [0, 0.05) is 0 Å². The van der Waals surface area contributed by atoms with E-state index in [2.05, 4.69) is 9.73 Å². The largest absolute Gasteiger partial charge is 0.463 e. The van der Waals surface area contributed by atoms with Crippen LogP contribution < -0.4 is 5.32 Å². The normalized spacial score (nSPS) is 17.5. The number of amidine groups is 1. The van der Waals surface area contributed by atoms with Gasteiger partial charge in [0.05, 0.1) is 6.54 Å². The van der Waals surface area contributed by atoms with Crippen LogP contribution in [0, 0.1) is 0 Å². The topological polar surface area (TPSA) is 33.6 Å². The molecule has 64 valence electrons. The quantitative estimate of drug-likeness (QED) is 0.619. The minimum atomic E-state index is -4.21. The van der Waals surface area contributed by atoms with Crippen LogP contribution >= 0.6 is 0 Å². The van der Waals surface area contributed by atoms with Crippen LogP contribution in [0.2, 0.25) is 0 Å². The molecule has 0 aromatic rings. The lowest BCUT2D eigenvalue weighted by molar-refractivity contribution is -0.122. The van der Waals surface area contributed by atoms with Gasteiger partial charge < -0.3 is 10.1 Å². The van der Waals surface area contributed by atoms with Crippen molar-refractivity contribution in [3.8, 4) is 0 Å². The van der Waals surface area contributed by atoms with Crippen molar-refractivity contribution < 1.29 is 17.9 Å². The Kier molecular flexibility index (Phi) is 2.21. The molecule has 0 unspecified atom stereocenters. The SMILES string of the molecule is FC(F)(F)CNC1=NCCO1. The van der Waals surface area contributed by atoms with E-state index in [1.54, 1.807) is 0 Å². The number of halogens is 3. The summed E-state index contributed by atoms with van der Waals surface area (Å²) in [5, 5.41) is 2.02. The fourth-order valence-corrected chi connectivity index (χ4v) is 0.618. The van der Waals surface area contributed by atoms with Gasteiger partial charge in [-0.05, 0) is 0 Å². The molecule has 3 nitrogen and oxygen atoms in total. The van der Waals surface area contributed by atoms with Crippen molar-refractivity contribution in [2.45, 2.75) is 6.18 Å². The van der Waals surface area contributed by atoms with E-state index in [0.29, 0.717) is 13.2 Å². The molecule has 1 aliphatic rings. The molecule has 0 radical (unpaired) electrons. The Bertz CT molecular complexity index is 166. The number of rotatable bonds is 1. The Morgan fingerprint density at radius 1 is 1.55 bits per heavy atom. The molecule has 1 N–H and O–H groups in total. The molecule has 1 aliphatic heterocycles. The van der Waals surface area contributed by atoms with Crippen LogP contribution in [0.15, 0.2) is 4.99 Å². The van der Waals surface area contributed by atoms with Gasteiger partial charge in [0.15, 0.2) is 0 Å². The third kappa shape index (κ3) is 3.10. The van der Waals surface area contributed by atoms with Gasteiger partial charge in [0.1, 0.15) is 13.2 Å². The van der Waals surface area contributed by atoms with Crippen molar-refractivity contribution in [3.05, 3.63) is 0 Å². The Labute approximate surface area is 61.2 Å². The summed E-state index contributed by atoms with van der Waals surface area (Å²) in [7, 11) is 0. The van der Waals surface area contributed by atoms with Gasteiger partial charge in [0.2, 0.25) is 0 Å². The highest BCUT2D eigenvalue weighted by Crippen LogP contribution is 2.12. The summed E-state index contributed by atoms with van der Waals surface area (Å²) in [4.78, 5) is 3.62. The molecule has 0 aromatic heterocycles. The summed E-state index contributed by atoms with van der Waals surface area (Å²) in [5.74, 6) is 0. The van der Waals surface area contributed by atoms with Gasteiger partial charge in [-0.15, -0.1) is 0 Å². The number of hydrogen-bond donors (Lipinski definition) is 1. The zero-order valence-corrected chi connectivity index (χ0v) is 5.61. The molecular formula is C5H7F3N2O. The number of aliphatic imine (C=N–C) groups is 1. The third-order valence-corrected chi connectivity index (χ3v) is 1.03. The van der Waals surface area contributed by atoms with Gasteiger partial charge in [0.25, 0.3) is 6.02 Å². The van der Waals surface area contributed by atoms with Gasteiger partial charge >= 0.3 is 6.18 Å². The molecule has 1 rings (SSSR count). The Balaban J connectivity index is 2.22. The van der Waals surface area contributed by atoms with Crippen molar-refractivity contribution in [3.63, 3.8) is 0 Å². The maximum atomic E-state index is 11.5. The van der Waals surface area contributed by atoms with Crippen LogP contribution in [0.25, 0.3) is 0 Å². The summed E-state index contributed by atoms with van der Waals surface area (Å²) in [6.07, 6.45) is -4.21. The van der Waals surface area contributed by atoms with Crippen LogP contribution in [0.4, 0.5) is 13.2 Å². The lowest BCUT2D eigenvalue weighted by atomic mass is 10.6.